The fourth-order valence-electron chi connectivity index (χ4n) is 0.588. The van der Waals surface area contributed by atoms with Crippen LogP contribution in [0.3, 0.4) is 0 Å². The summed E-state index contributed by atoms with van der Waals surface area (Å²) < 4.78 is 35.0. The summed E-state index contributed by atoms with van der Waals surface area (Å²) in [5.41, 5.74) is -0.197. The van der Waals surface area contributed by atoms with Gasteiger partial charge >= 0.3 is 6.18 Å². The van der Waals surface area contributed by atoms with Crippen molar-refractivity contribution in [2.24, 2.45) is 0 Å². The van der Waals surface area contributed by atoms with Crippen LogP contribution >= 0.6 is 0 Å². The summed E-state index contributed by atoms with van der Waals surface area (Å²) in [4.78, 5) is 0. The van der Waals surface area contributed by atoms with Gasteiger partial charge in [-0.3, -0.25) is 0 Å². The molecule has 0 aromatic rings. The fraction of sp³-hybridized carbons (Fsp3) is 0.500. The standard InChI is InChI=1S/C8H9F3O/c1-3-4-7(12)6(2)5-8(9,10)11/h5,7,12H,1-2H3/b6-5+. The van der Waals surface area contributed by atoms with Crippen LogP contribution in [0.1, 0.15) is 13.8 Å². The SMILES string of the molecule is CC#CC(O)/C(C)=C/C(F)(F)F. The van der Waals surface area contributed by atoms with Gasteiger partial charge in [0.15, 0.2) is 0 Å². The van der Waals surface area contributed by atoms with E-state index in [0.29, 0.717) is 0 Å². The van der Waals surface area contributed by atoms with Crippen molar-refractivity contribution in [3.63, 3.8) is 0 Å². The second-order valence-electron chi connectivity index (χ2n) is 2.23. The van der Waals surface area contributed by atoms with E-state index in [4.69, 9.17) is 5.11 Å². The summed E-state index contributed by atoms with van der Waals surface area (Å²) in [6.07, 6.45) is -5.67. The average molecular weight is 178 g/mol. The summed E-state index contributed by atoms with van der Waals surface area (Å²) >= 11 is 0. The molecule has 0 heterocycles. The van der Waals surface area contributed by atoms with Crippen LogP contribution in [0.5, 0.6) is 0 Å². The van der Waals surface area contributed by atoms with Crippen molar-refractivity contribution in [3.8, 4) is 11.8 Å². The lowest BCUT2D eigenvalue weighted by molar-refractivity contribution is -0.0810. The van der Waals surface area contributed by atoms with Crippen molar-refractivity contribution in [2.45, 2.75) is 26.1 Å². The van der Waals surface area contributed by atoms with Crippen molar-refractivity contribution >= 4 is 0 Å². The monoisotopic (exact) mass is 178 g/mol. The molecule has 0 spiro atoms. The van der Waals surface area contributed by atoms with E-state index < -0.39 is 12.3 Å². The Morgan fingerprint density at radius 2 is 2.00 bits per heavy atom. The number of halogens is 3. The Hall–Kier alpha value is -0.950. The molecule has 0 aromatic carbocycles. The van der Waals surface area contributed by atoms with E-state index in [2.05, 4.69) is 11.8 Å². The Balaban J connectivity index is 4.44. The highest BCUT2D eigenvalue weighted by Gasteiger charge is 2.24. The quantitative estimate of drug-likeness (QED) is 0.480. The number of rotatable bonds is 1. The number of allylic oxidation sites excluding steroid dienone is 1. The van der Waals surface area contributed by atoms with Gasteiger partial charge < -0.3 is 5.11 Å². The lowest BCUT2D eigenvalue weighted by Crippen LogP contribution is -2.10. The number of hydrogen-bond acceptors (Lipinski definition) is 1. The maximum atomic E-state index is 11.7. The van der Waals surface area contributed by atoms with Gasteiger partial charge in [0.1, 0.15) is 6.10 Å². The van der Waals surface area contributed by atoms with Crippen LogP contribution in [0.25, 0.3) is 0 Å². The van der Waals surface area contributed by atoms with Crippen LogP contribution in [0.2, 0.25) is 0 Å². The van der Waals surface area contributed by atoms with Gasteiger partial charge in [-0.2, -0.15) is 13.2 Å². The van der Waals surface area contributed by atoms with Crippen LogP contribution < -0.4 is 0 Å². The minimum Gasteiger partial charge on any atom is -0.376 e. The lowest BCUT2D eigenvalue weighted by atomic mass is 10.1. The molecule has 1 nitrogen and oxygen atoms in total. The molecule has 0 radical (unpaired) electrons. The van der Waals surface area contributed by atoms with E-state index in [1.54, 1.807) is 0 Å². The molecular formula is C8H9F3O. The molecule has 0 amide bonds. The predicted octanol–water partition coefficient (Wildman–Crippen LogP) is 1.88. The minimum absolute atomic E-state index is 0.0437. The molecule has 0 aliphatic rings. The second kappa shape index (κ2) is 4.17. The maximum Gasteiger partial charge on any atom is 0.409 e. The van der Waals surface area contributed by atoms with Crippen molar-refractivity contribution in [1.82, 2.24) is 0 Å². The summed E-state index contributed by atoms with van der Waals surface area (Å²) in [5.74, 6) is 4.53. The Labute approximate surface area is 68.9 Å². The molecule has 0 bridgehead atoms. The molecule has 12 heavy (non-hydrogen) atoms. The van der Waals surface area contributed by atoms with Crippen LogP contribution in [0, 0.1) is 11.8 Å². The van der Waals surface area contributed by atoms with E-state index in [-0.39, 0.29) is 11.6 Å². The van der Waals surface area contributed by atoms with Gasteiger partial charge in [0.2, 0.25) is 0 Å². The smallest absolute Gasteiger partial charge is 0.376 e. The normalized spacial score (nSPS) is 15.0. The van der Waals surface area contributed by atoms with Gasteiger partial charge in [-0.05, 0) is 19.4 Å². The van der Waals surface area contributed by atoms with Crippen molar-refractivity contribution in [3.05, 3.63) is 11.6 Å². The largest absolute Gasteiger partial charge is 0.409 e. The van der Waals surface area contributed by atoms with Gasteiger partial charge in [0, 0.05) is 6.08 Å². The molecule has 0 saturated carbocycles. The average Bonchev–Trinajstić information content (AvgIpc) is 1.84. The number of alkyl halides is 3. The zero-order valence-electron chi connectivity index (χ0n) is 6.74. The third-order valence-corrected chi connectivity index (χ3v) is 1.10. The van der Waals surface area contributed by atoms with E-state index in [1.165, 1.54) is 13.8 Å². The first-order chi connectivity index (χ1) is 5.37. The Morgan fingerprint density at radius 3 is 2.33 bits per heavy atom. The predicted molar refractivity (Wildman–Crippen MR) is 39.3 cm³/mol. The van der Waals surface area contributed by atoms with Crippen LogP contribution in [-0.4, -0.2) is 17.4 Å². The molecule has 1 N–H and O–H groups in total. The number of hydrogen-bond donors (Lipinski definition) is 1. The van der Waals surface area contributed by atoms with E-state index in [0.717, 1.165) is 0 Å². The molecule has 0 saturated heterocycles. The molecule has 1 unspecified atom stereocenters. The van der Waals surface area contributed by atoms with Gasteiger partial charge in [0.05, 0.1) is 0 Å². The summed E-state index contributed by atoms with van der Waals surface area (Å²) in [7, 11) is 0. The number of aliphatic hydroxyl groups is 1. The highest BCUT2D eigenvalue weighted by atomic mass is 19.4. The highest BCUT2D eigenvalue weighted by molar-refractivity contribution is 5.20. The zero-order valence-corrected chi connectivity index (χ0v) is 6.74. The maximum absolute atomic E-state index is 11.7. The topological polar surface area (TPSA) is 20.2 Å². The Bertz CT molecular complexity index is 229. The van der Waals surface area contributed by atoms with Gasteiger partial charge in [-0.15, -0.1) is 5.92 Å². The molecule has 0 rings (SSSR count). The van der Waals surface area contributed by atoms with E-state index in [1.807, 2.05) is 0 Å². The van der Waals surface area contributed by atoms with Crippen molar-refractivity contribution in [2.75, 3.05) is 0 Å². The molecule has 0 aliphatic carbocycles. The molecule has 0 aliphatic heterocycles. The molecule has 0 aromatic heterocycles. The minimum atomic E-state index is -4.39. The van der Waals surface area contributed by atoms with Crippen LogP contribution in [-0.2, 0) is 0 Å². The second-order valence-corrected chi connectivity index (χ2v) is 2.23. The Kier molecular flexibility index (Phi) is 3.84. The summed E-state index contributed by atoms with van der Waals surface area (Å²) in [5, 5.41) is 8.94. The zero-order chi connectivity index (χ0) is 9.78. The fourth-order valence-corrected chi connectivity index (χ4v) is 0.588. The first-order valence-corrected chi connectivity index (χ1v) is 3.23. The highest BCUT2D eigenvalue weighted by Crippen LogP contribution is 2.19. The summed E-state index contributed by atoms with van der Waals surface area (Å²) in [6.45, 7) is 2.63. The first-order valence-electron chi connectivity index (χ1n) is 3.23. The van der Waals surface area contributed by atoms with Crippen molar-refractivity contribution in [1.29, 1.82) is 0 Å². The molecule has 68 valence electrons. The third-order valence-electron chi connectivity index (χ3n) is 1.10. The van der Waals surface area contributed by atoms with Crippen LogP contribution in [0.4, 0.5) is 13.2 Å². The molecule has 4 heteroatoms. The lowest BCUT2D eigenvalue weighted by Gasteiger charge is -2.05. The van der Waals surface area contributed by atoms with E-state index in [9.17, 15) is 13.2 Å². The van der Waals surface area contributed by atoms with Crippen LogP contribution in [0.15, 0.2) is 11.6 Å². The van der Waals surface area contributed by atoms with Gasteiger partial charge in [-0.1, -0.05) is 5.92 Å². The number of aliphatic hydroxyl groups excluding tert-OH is 1. The summed E-state index contributed by atoms with van der Waals surface area (Å²) in [6, 6.07) is 0. The third kappa shape index (κ3) is 4.80. The van der Waals surface area contributed by atoms with Crippen molar-refractivity contribution < 1.29 is 18.3 Å². The first kappa shape index (κ1) is 11.1. The molecular weight excluding hydrogens is 169 g/mol. The van der Waals surface area contributed by atoms with Gasteiger partial charge in [0.25, 0.3) is 0 Å². The molecule has 1 atom stereocenters. The van der Waals surface area contributed by atoms with E-state index >= 15 is 0 Å². The van der Waals surface area contributed by atoms with Gasteiger partial charge in [-0.25, -0.2) is 0 Å². The Morgan fingerprint density at radius 1 is 1.50 bits per heavy atom. The molecule has 0 fully saturated rings.